The van der Waals surface area contributed by atoms with Crippen LogP contribution in [0.15, 0.2) is 16.6 Å². The largest absolute Gasteiger partial charge is 0.312 e. The van der Waals surface area contributed by atoms with Gasteiger partial charge in [-0.2, -0.15) is 0 Å². The molecule has 1 atom stereocenters. The van der Waals surface area contributed by atoms with Crippen LogP contribution >= 0.6 is 43.5 Å². The van der Waals surface area contributed by atoms with Gasteiger partial charge in [0, 0.05) is 28.5 Å². The summed E-state index contributed by atoms with van der Waals surface area (Å²) in [4.78, 5) is 13.8. The summed E-state index contributed by atoms with van der Waals surface area (Å²) in [6.45, 7) is 2.76. The Bertz CT molecular complexity index is 464. The summed E-state index contributed by atoms with van der Waals surface area (Å²) in [5, 5.41) is 1.50. The number of alkyl halides is 1. The number of rotatable bonds is 2. The van der Waals surface area contributed by atoms with Crippen LogP contribution < -0.4 is 4.90 Å². The number of hydrogen-bond donors (Lipinski definition) is 0. The van der Waals surface area contributed by atoms with Crippen molar-refractivity contribution in [2.75, 3.05) is 16.8 Å². The first kappa shape index (κ1) is 13.4. The van der Waals surface area contributed by atoms with Crippen LogP contribution in [0.1, 0.15) is 12.0 Å². The molecule has 0 aliphatic carbocycles. The predicted octanol–water partition coefficient (Wildman–Crippen LogP) is 4.16. The van der Waals surface area contributed by atoms with Crippen molar-refractivity contribution in [2.45, 2.75) is 13.3 Å². The van der Waals surface area contributed by atoms with Gasteiger partial charge in [-0.25, -0.2) is 0 Å². The molecular formula is C12H12Br2ClNO. The molecule has 1 unspecified atom stereocenters. The summed E-state index contributed by atoms with van der Waals surface area (Å²) in [6, 6.07) is 3.81. The second kappa shape index (κ2) is 5.29. The van der Waals surface area contributed by atoms with Crippen molar-refractivity contribution >= 4 is 55.1 Å². The molecule has 1 aliphatic heterocycles. The molecule has 0 radical (unpaired) electrons. The van der Waals surface area contributed by atoms with Gasteiger partial charge in [0.2, 0.25) is 5.91 Å². The lowest BCUT2D eigenvalue weighted by Gasteiger charge is -2.19. The minimum atomic E-state index is 0.177. The maximum atomic E-state index is 11.9. The third kappa shape index (κ3) is 2.69. The molecule has 2 nitrogen and oxygen atoms in total. The smallest absolute Gasteiger partial charge is 0.227 e. The highest BCUT2D eigenvalue weighted by Gasteiger charge is 2.30. The molecule has 5 heteroatoms. The molecule has 1 aromatic rings. The Kier molecular flexibility index (Phi) is 4.16. The number of anilines is 1. The van der Waals surface area contributed by atoms with Crippen LogP contribution in [0, 0.1) is 12.8 Å². The summed E-state index contributed by atoms with van der Waals surface area (Å²) in [6.07, 6.45) is 0.609. The van der Waals surface area contributed by atoms with E-state index in [1.54, 1.807) is 0 Å². The molecule has 92 valence electrons. The van der Waals surface area contributed by atoms with Crippen LogP contribution in [0.4, 0.5) is 5.69 Å². The van der Waals surface area contributed by atoms with Crippen molar-refractivity contribution in [3.05, 3.63) is 27.2 Å². The van der Waals surface area contributed by atoms with Gasteiger partial charge < -0.3 is 4.90 Å². The first-order valence-corrected chi connectivity index (χ1v) is 7.64. The van der Waals surface area contributed by atoms with E-state index in [1.807, 2.05) is 24.0 Å². The van der Waals surface area contributed by atoms with Crippen LogP contribution in [0.5, 0.6) is 0 Å². The maximum Gasteiger partial charge on any atom is 0.227 e. The van der Waals surface area contributed by atoms with Gasteiger partial charge in [-0.3, -0.25) is 4.79 Å². The lowest BCUT2D eigenvalue weighted by molar-refractivity contribution is -0.117. The first-order valence-electron chi connectivity index (χ1n) is 5.35. The van der Waals surface area contributed by atoms with E-state index in [1.165, 1.54) is 0 Å². The highest BCUT2D eigenvalue weighted by molar-refractivity contribution is 9.10. The molecule has 17 heavy (non-hydrogen) atoms. The molecule has 1 amide bonds. The van der Waals surface area contributed by atoms with Crippen molar-refractivity contribution in [3.8, 4) is 0 Å². The summed E-state index contributed by atoms with van der Waals surface area (Å²) in [5.41, 5.74) is 1.98. The minimum absolute atomic E-state index is 0.177. The molecule has 1 saturated heterocycles. The molecule has 2 rings (SSSR count). The molecule has 0 N–H and O–H groups in total. The Morgan fingerprint density at radius 1 is 1.53 bits per heavy atom. The first-order chi connectivity index (χ1) is 8.02. The van der Waals surface area contributed by atoms with Gasteiger partial charge in [0.05, 0.1) is 5.02 Å². The fraction of sp³-hybridized carbons (Fsp3) is 0.417. The van der Waals surface area contributed by atoms with Gasteiger partial charge in [0.1, 0.15) is 0 Å². The standard InChI is InChI=1S/C12H12Br2ClNO/c1-7-2-9(14)10(15)4-11(7)16-6-8(5-13)3-12(16)17/h2,4,8H,3,5-6H2,1H3. The number of halogens is 3. The number of carbonyl (C=O) groups excluding carboxylic acids is 1. The van der Waals surface area contributed by atoms with Crippen LogP contribution in [0.2, 0.25) is 5.02 Å². The fourth-order valence-electron chi connectivity index (χ4n) is 2.04. The average molecular weight is 381 g/mol. The second-order valence-electron chi connectivity index (χ2n) is 4.28. The lowest BCUT2D eigenvalue weighted by atomic mass is 10.1. The highest BCUT2D eigenvalue weighted by Crippen LogP contribution is 2.34. The van der Waals surface area contributed by atoms with E-state index in [0.29, 0.717) is 17.4 Å². The summed E-state index contributed by atoms with van der Waals surface area (Å²) in [7, 11) is 0. The zero-order valence-electron chi connectivity index (χ0n) is 9.34. The third-order valence-corrected chi connectivity index (χ3v) is 5.07. The number of nitrogens with zero attached hydrogens (tertiary/aromatic N) is 1. The zero-order valence-corrected chi connectivity index (χ0v) is 13.3. The topological polar surface area (TPSA) is 20.3 Å². The molecule has 1 heterocycles. The van der Waals surface area contributed by atoms with Crippen LogP contribution in [-0.2, 0) is 4.79 Å². The van der Waals surface area contributed by atoms with E-state index in [2.05, 4.69) is 31.9 Å². The summed E-state index contributed by atoms with van der Waals surface area (Å²) < 4.78 is 0.865. The highest BCUT2D eigenvalue weighted by atomic mass is 79.9. The third-order valence-electron chi connectivity index (χ3n) is 2.95. The Hall–Kier alpha value is -0.0600. The number of benzene rings is 1. The molecular weight excluding hydrogens is 369 g/mol. The van der Waals surface area contributed by atoms with E-state index in [9.17, 15) is 4.79 Å². The number of carbonyl (C=O) groups is 1. The fourth-order valence-corrected chi connectivity index (χ4v) is 3.09. The normalized spacial score (nSPS) is 20.1. The van der Waals surface area contributed by atoms with Crippen molar-refractivity contribution in [1.29, 1.82) is 0 Å². The van der Waals surface area contributed by atoms with Crippen molar-refractivity contribution in [3.63, 3.8) is 0 Å². The Morgan fingerprint density at radius 2 is 2.24 bits per heavy atom. The summed E-state index contributed by atoms with van der Waals surface area (Å²) >= 11 is 12.9. The van der Waals surface area contributed by atoms with E-state index < -0.39 is 0 Å². The molecule has 0 spiro atoms. The SMILES string of the molecule is Cc1cc(Br)c(Cl)cc1N1CC(CBr)CC1=O. The van der Waals surface area contributed by atoms with Crippen LogP contribution in [-0.4, -0.2) is 17.8 Å². The number of aryl methyl sites for hydroxylation is 1. The van der Waals surface area contributed by atoms with Gasteiger partial charge in [-0.05, 0) is 46.5 Å². The van der Waals surface area contributed by atoms with E-state index >= 15 is 0 Å². The van der Waals surface area contributed by atoms with Gasteiger partial charge in [0.25, 0.3) is 0 Å². The number of hydrogen-bond acceptors (Lipinski definition) is 1. The lowest BCUT2D eigenvalue weighted by Crippen LogP contribution is -2.25. The molecule has 1 fully saturated rings. The molecule has 1 aromatic carbocycles. The van der Waals surface area contributed by atoms with E-state index in [-0.39, 0.29) is 5.91 Å². The van der Waals surface area contributed by atoms with Crippen LogP contribution in [0.3, 0.4) is 0 Å². The van der Waals surface area contributed by atoms with Crippen molar-refractivity contribution in [1.82, 2.24) is 0 Å². The Labute approximate surface area is 123 Å². The Balaban J connectivity index is 2.35. The van der Waals surface area contributed by atoms with Gasteiger partial charge in [-0.1, -0.05) is 27.5 Å². The van der Waals surface area contributed by atoms with E-state index in [4.69, 9.17) is 11.6 Å². The zero-order chi connectivity index (χ0) is 12.6. The van der Waals surface area contributed by atoms with Crippen molar-refractivity contribution in [2.24, 2.45) is 5.92 Å². The molecule has 1 aliphatic rings. The molecule has 0 aromatic heterocycles. The maximum absolute atomic E-state index is 11.9. The average Bonchev–Trinajstić information content (AvgIpc) is 2.65. The second-order valence-corrected chi connectivity index (χ2v) is 6.19. The minimum Gasteiger partial charge on any atom is -0.312 e. The molecule has 0 saturated carbocycles. The van der Waals surface area contributed by atoms with Gasteiger partial charge in [0.15, 0.2) is 0 Å². The number of amides is 1. The van der Waals surface area contributed by atoms with Crippen molar-refractivity contribution < 1.29 is 4.79 Å². The van der Waals surface area contributed by atoms with Crippen LogP contribution in [0.25, 0.3) is 0 Å². The monoisotopic (exact) mass is 379 g/mol. The molecule has 0 bridgehead atoms. The Morgan fingerprint density at radius 3 is 2.82 bits per heavy atom. The van der Waals surface area contributed by atoms with Gasteiger partial charge >= 0.3 is 0 Å². The predicted molar refractivity (Wildman–Crippen MR) is 78.1 cm³/mol. The summed E-state index contributed by atoms with van der Waals surface area (Å²) in [5.74, 6) is 0.570. The van der Waals surface area contributed by atoms with E-state index in [0.717, 1.165) is 27.6 Å². The van der Waals surface area contributed by atoms with Gasteiger partial charge in [-0.15, -0.1) is 0 Å². The quantitative estimate of drug-likeness (QED) is 0.705.